The third-order valence-corrected chi connectivity index (χ3v) is 4.68. The summed E-state index contributed by atoms with van der Waals surface area (Å²) in [6, 6.07) is 2.35. The Hall–Kier alpha value is -0.960. The maximum absolute atomic E-state index is 13.8. The summed E-state index contributed by atoms with van der Waals surface area (Å²) in [5.74, 6) is -1.15. The Morgan fingerprint density at radius 1 is 1.25 bits per heavy atom. The minimum Gasteiger partial charge on any atom is -0.258 e. The van der Waals surface area contributed by atoms with Crippen LogP contribution in [0.1, 0.15) is 0 Å². The maximum atomic E-state index is 13.8. The number of nitro benzene ring substituents is 1. The van der Waals surface area contributed by atoms with Crippen molar-refractivity contribution in [2.24, 2.45) is 0 Å². The van der Waals surface area contributed by atoms with Gasteiger partial charge in [0.15, 0.2) is 0 Å². The van der Waals surface area contributed by atoms with Crippen LogP contribution in [0.3, 0.4) is 0 Å². The highest BCUT2D eigenvalue weighted by Gasteiger charge is 2.27. The summed E-state index contributed by atoms with van der Waals surface area (Å²) in [6.45, 7) is -0.0694. The van der Waals surface area contributed by atoms with Gasteiger partial charge >= 0.3 is 0 Å². The fourth-order valence-electron chi connectivity index (χ4n) is 1.49. The predicted octanol–water partition coefficient (Wildman–Crippen LogP) is 2.20. The molecule has 0 saturated carbocycles. The molecule has 0 unspecified atom stereocenters. The zero-order valence-electron chi connectivity index (χ0n) is 10.1. The standard InChI is InChI=1S/C10H11Cl2FN2O4S/c11-3-5-14(6-4-12)20(18,19)10-2-1-8(15(16)17)7-9(10)13/h1-2,7H,3-6H2. The molecule has 0 spiro atoms. The van der Waals surface area contributed by atoms with E-state index >= 15 is 0 Å². The summed E-state index contributed by atoms with van der Waals surface area (Å²) in [6.07, 6.45) is 0. The van der Waals surface area contributed by atoms with Crippen molar-refractivity contribution in [3.05, 3.63) is 34.1 Å². The fourth-order valence-corrected chi connectivity index (χ4v) is 3.59. The maximum Gasteiger partial charge on any atom is 0.272 e. The number of rotatable bonds is 7. The van der Waals surface area contributed by atoms with Crippen LogP contribution in [0.2, 0.25) is 0 Å². The molecule has 0 aliphatic rings. The molecular formula is C10H11Cl2FN2O4S. The van der Waals surface area contributed by atoms with Gasteiger partial charge in [-0.1, -0.05) is 0 Å². The Morgan fingerprint density at radius 2 is 1.80 bits per heavy atom. The molecule has 0 saturated heterocycles. The van der Waals surface area contributed by atoms with Crippen LogP contribution in [0, 0.1) is 15.9 Å². The largest absolute Gasteiger partial charge is 0.272 e. The lowest BCUT2D eigenvalue weighted by Gasteiger charge is -2.20. The van der Waals surface area contributed by atoms with Crippen molar-refractivity contribution in [3.8, 4) is 0 Å². The first-order valence-electron chi connectivity index (χ1n) is 5.40. The van der Waals surface area contributed by atoms with E-state index in [1.165, 1.54) is 0 Å². The molecule has 0 aliphatic heterocycles. The van der Waals surface area contributed by atoms with Crippen LogP contribution >= 0.6 is 23.2 Å². The SMILES string of the molecule is O=[N+]([O-])c1ccc(S(=O)(=O)N(CCCl)CCCl)c(F)c1. The summed E-state index contributed by atoms with van der Waals surface area (Å²) >= 11 is 11.0. The van der Waals surface area contributed by atoms with Crippen LogP contribution in [0.4, 0.5) is 10.1 Å². The highest BCUT2D eigenvalue weighted by Crippen LogP contribution is 2.23. The first-order chi connectivity index (χ1) is 9.34. The van der Waals surface area contributed by atoms with Crippen LogP contribution in [0.5, 0.6) is 0 Å². The molecule has 1 rings (SSSR count). The van der Waals surface area contributed by atoms with Gasteiger partial charge in [0.05, 0.1) is 11.0 Å². The molecule has 0 aliphatic carbocycles. The second-order valence-corrected chi connectivity index (χ2v) is 6.32. The van der Waals surface area contributed by atoms with Crippen molar-refractivity contribution < 1.29 is 17.7 Å². The summed E-state index contributed by atoms with van der Waals surface area (Å²) in [4.78, 5) is 9.05. The lowest BCUT2D eigenvalue weighted by molar-refractivity contribution is -0.385. The molecule has 0 radical (unpaired) electrons. The van der Waals surface area contributed by atoms with Gasteiger partial charge in [-0.25, -0.2) is 12.8 Å². The van der Waals surface area contributed by atoms with Crippen molar-refractivity contribution >= 4 is 38.9 Å². The molecule has 10 heteroatoms. The number of halogens is 3. The molecule has 1 aromatic carbocycles. The lowest BCUT2D eigenvalue weighted by atomic mass is 10.3. The summed E-state index contributed by atoms with van der Waals surface area (Å²) < 4.78 is 39.1. The van der Waals surface area contributed by atoms with Crippen LogP contribution in [0.15, 0.2) is 23.1 Å². The van der Waals surface area contributed by atoms with Gasteiger partial charge in [-0.05, 0) is 6.07 Å². The minimum atomic E-state index is -4.13. The molecule has 1 aromatic rings. The van der Waals surface area contributed by atoms with Crippen molar-refractivity contribution in [2.75, 3.05) is 24.8 Å². The van der Waals surface area contributed by atoms with Gasteiger partial charge in [0, 0.05) is 30.9 Å². The van der Waals surface area contributed by atoms with Crippen LogP contribution in [0.25, 0.3) is 0 Å². The van der Waals surface area contributed by atoms with Crippen LogP contribution < -0.4 is 0 Å². The molecule has 6 nitrogen and oxygen atoms in total. The Morgan fingerprint density at radius 3 is 2.20 bits per heavy atom. The third-order valence-electron chi connectivity index (χ3n) is 2.41. The van der Waals surface area contributed by atoms with E-state index in [1.54, 1.807) is 0 Å². The predicted molar refractivity (Wildman–Crippen MR) is 73.3 cm³/mol. The summed E-state index contributed by atoms with van der Waals surface area (Å²) in [5, 5.41) is 10.5. The number of hydrogen-bond donors (Lipinski definition) is 0. The Balaban J connectivity index is 3.23. The summed E-state index contributed by atoms with van der Waals surface area (Å²) in [7, 11) is -4.13. The average molecular weight is 345 g/mol. The van der Waals surface area contributed by atoms with Gasteiger partial charge < -0.3 is 0 Å². The van der Waals surface area contributed by atoms with Gasteiger partial charge in [-0.2, -0.15) is 4.31 Å². The monoisotopic (exact) mass is 344 g/mol. The highest BCUT2D eigenvalue weighted by molar-refractivity contribution is 7.89. The van der Waals surface area contributed by atoms with Crippen molar-refractivity contribution in [1.29, 1.82) is 0 Å². The van der Waals surface area contributed by atoms with Gasteiger partial charge in [-0.15, -0.1) is 23.2 Å². The molecule has 0 bridgehead atoms. The van der Waals surface area contributed by atoms with E-state index in [0.717, 1.165) is 16.4 Å². The van der Waals surface area contributed by atoms with Crippen molar-refractivity contribution in [2.45, 2.75) is 4.90 Å². The number of hydrogen-bond acceptors (Lipinski definition) is 4. The van der Waals surface area contributed by atoms with E-state index in [0.29, 0.717) is 6.07 Å². The molecule has 112 valence electrons. The lowest BCUT2D eigenvalue weighted by Crippen LogP contribution is -2.35. The van der Waals surface area contributed by atoms with Crippen molar-refractivity contribution in [3.63, 3.8) is 0 Å². The molecule has 0 aromatic heterocycles. The number of nitro groups is 1. The number of sulfonamides is 1. The first kappa shape index (κ1) is 17.1. The van der Waals surface area contributed by atoms with E-state index in [2.05, 4.69) is 0 Å². The molecule has 20 heavy (non-hydrogen) atoms. The van der Waals surface area contributed by atoms with Gasteiger partial charge in [-0.3, -0.25) is 10.1 Å². The van der Waals surface area contributed by atoms with Gasteiger partial charge in [0.25, 0.3) is 5.69 Å². The second-order valence-electron chi connectivity index (χ2n) is 3.65. The first-order valence-corrected chi connectivity index (χ1v) is 7.91. The Kier molecular flexibility index (Phi) is 6.12. The number of non-ortho nitro benzene ring substituents is 1. The smallest absolute Gasteiger partial charge is 0.258 e. The van der Waals surface area contributed by atoms with E-state index in [4.69, 9.17) is 23.2 Å². The topological polar surface area (TPSA) is 80.5 Å². The zero-order chi connectivity index (χ0) is 15.3. The Bertz CT molecular complexity index is 591. The Labute approximate surface area is 125 Å². The summed E-state index contributed by atoms with van der Waals surface area (Å²) in [5.41, 5.74) is -0.525. The van der Waals surface area contributed by atoms with Crippen LogP contribution in [-0.4, -0.2) is 42.5 Å². The number of nitrogens with zero attached hydrogens (tertiary/aromatic N) is 2. The van der Waals surface area contributed by atoms with Gasteiger partial charge in [0.2, 0.25) is 10.0 Å². The van der Waals surface area contributed by atoms with E-state index in [1.807, 2.05) is 0 Å². The van der Waals surface area contributed by atoms with Gasteiger partial charge in [0.1, 0.15) is 10.7 Å². The normalized spacial score (nSPS) is 11.8. The van der Waals surface area contributed by atoms with E-state index < -0.39 is 31.3 Å². The molecule has 0 N–H and O–H groups in total. The fraction of sp³-hybridized carbons (Fsp3) is 0.400. The highest BCUT2D eigenvalue weighted by atomic mass is 35.5. The third kappa shape index (κ3) is 3.78. The molecule has 0 fully saturated rings. The van der Waals surface area contributed by atoms with Crippen LogP contribution in [-0.2, 0) is 10.0 Å². The minimum absolute atomic E-state index is 0.0186. The second kappa shape index (κ2) is 7.16. The van der Waals surface area contributed by atoms with Crippen molar-refractivity contribution in [1.82, 2.24) is 4.31 Å². The zero-order valence-corrected chi connectivity index (χ0v) is 12.5. The van der Waals surface area contributed by atoms with E-state index in [9.17, 15) is 22.9 Å². The van der Waals surface area contributed by atoms with E-state index in [-0.39, 0.29) is 24.8 Å². The number of alkyl halides is 2. The quantitative estimate of drug-likeness (QED) is 0.431. The molecular weight excluding hydrogens is 334 g/mol. The molecule has 0 atom stereocenters. The number of benzene rings is 1. The average Bonchev–Trinajstić information content (AvgIpc) is 2.37. The molecule has 0 heterocycles. The molecule has 0 amide bonds.